The molecule has 0 unspecified atom stereocenters. The summed E-state index contributed by atoms with van der Waals surface area (Å²) in [6, 6.07) is 0. The van der Waals surface area contributed by atoms with E-state index in [4.69, 9.17) is 0 Å². The normalized spacial score (nSPS) is 9.88. The van der Waals surface area contributed by atoms with Crippen LogP contribution in [0.3, 0.4) is 0 Å². The molecule has 0 saturated heterocycles. The first-order valence-corrected chi connectivity index (χ1v) is 4.57. The minimum atomic E-state index is -0.663. The van der Waals surface area contributed by atoms with Crippen molar-refractivity contribution in [3.05, 3.63) is 12.2 Å². The van der Waals surface area contributed by atoms with Crippen LogP contribution in [-0.2, 0) is 28.6 Å². The number of hydrogen-bond donors (Lipinski definition) is 0. The Morgan fingerprint density at radius 3 is 2.06 bits per heavy atom. The Bertz CT molecular complexity index is 281. The average molecular weight is 230 g/mol. The Morgan fingerprint density at radius 1 is 1.00 bits per heavy atom. The van der Waals surface area contributed by atoms with Gasteiger partial charge in [0.25, 0.3) is 0 Å². The molecule has 0 rings (SSSR count). The lowest BCUT2D eigenvalue weighted by molar-refractivity contribution is -0.152. The maximum absolute atomic E-state index is 10.9. The molecule has 0 aliphatic rings. The van der Waals surface area contributed by atoms with E-state index in [1.54, 1.807) is 0 Å². The lowest BCUT2D eigenvalue weighted by Crippen LogP contribution is -2.12. The van der Waals surface area contributed by atoms with E-state index in [2.05, 4.69) is 14.2 Å². The summed E-state index contributed by atoms with van der Waals surface area (Å²) in [5.74, 6) is -1.69. The van der Waals surface area contributed by atoms with Crippen LogP contribution < -0.4 is 0 Å². The monoisotopic (exact) mass is 230 g/mol. The van der Waals surface area contributed by atoms with Gasteiger partial charge in [0.1, 0.15) is 19.6 Å². The van der Waals surface area contributed by atoms with Gasteiger partial charge in [0.15, 0.2) is 0 Å². The maximum Gasteiger partial charge on any atom is 0.317 e. The van der Waals surface area contributed by atoms with Crippen LogP contribution in [0.25, 0.3) is 0 Å². The third kappa shape index (κ3) is 8.74. The number of carbonyl (C=O) groups is 3. The standard InChI is InChI=1S/C10H14O6/c1-8(11)15-5-3-4-6-16-10(13)7-9(12)14-2/h3-4H,5-7H2,1-2H3/b4-3-. The zero-order chi connectivity index (χ0) is 12.4. The second-order valence-electron chi connectivity index (χ2n) is 2.71. The Morgan fingerprint density at radius 2 is 1.56 bits per heavy atom. The van der Waals surface area contributed by atoms with Crippen molar-refractivity contribution in [2.24, 2.45) is 0 Å². The van der Waals surface area contributed by atoms with E-state index in [0.29, 0.717) is 0 Å². The van der Waals surface area contributed by atoms with E-state index in [0.717, 1.165) is 0 Å². The van der Waals surface area contributed by atoms with E-state index in [1.165, 1.54) is 26.2 Å². The second kappa shape index (κ2) is 8.46. The molecule has 0 aromatic carbocycles. The molecule has 6 nitrogen and oxygen atoms in total. The highest BCUT2D eigenvalue weighted by molar-refractivity contribution is 5.91. The van der Waals surface area contributed by atoms with Crippen LogP contribution in [0.2, 0.25) is 0 Å². The zero-order valence-corrected chi connectivity index (χ0v) is 9.23. The molecule has 0 atom stereocenters. The van der Waals surface area contributed by atoms with E-state index in [1.807, 2.05) is 0 Å². The van der Waals surface area contributed by atoms with Gasteiger partial charge >= 0.3 is 17.9 Å². The average Bonchev–Trinajstić information content (AvgIpc) is 2.22. The number of esters is 3. The topological polar surface area (TPSA) is 78.9 Å². The zero-order valence-electron chi connectivity index (χ0n) is 9.23. The Balaban J connectivity index is 3.54. The Kier molecular flexibility index (Phi) is 7.48. The summed E-state index contributed by atoms with van der Waals surface area (Å²) < 4.78 is 13.5. The molecule has 0 aliphatic carbocycles. The highest BCUT2D eigenvalue weighted by Crippen LogP contribution is 1.90. The third-order valence-electron chi connectivity index (χ3n) is 1.41. The lowest BCUT2D eigenvalue weighted by atomic mass is 10.4. The fourth-order valence-corrected chi connectivity index (χ4v) is 0.684. The fourth-order valence-electron chi connectivity index (χ4n) is 0.684. The summed E-state index contributed by atoms with van der Waals surface area (Å²) in [4.78, 5) is 31.9. The quantitative estimate of drug-likeness (QED) is 0.281. The van der Waals surface area contributed by atoms with Gasteiger partial charge in [-0.05, 0) is 12.2 Å². The minimum absolute atomic E-state index is 0.0249. The molecule has 0 aromatic heterocycles. The Hall–Kier alpha value is -1.85. The molecule has 16 heavy (non-hydrogen) atoms. The van der Waals surface area contributed by atoms with Gasteiger partial charge in [0, 0.05) is 6.92 Å². The molecular weight excluding hydrogens is 216 g/mol. The van der Waals surface area contributed by atoms with Crippen molar-refractivity contribution in [1.82, 2.24) is 0 Å². The van der Waals surface area contributed by atoms with Crippen LogP contribution in [0.5, 0.6) is 0 Å². The number of methoxy groups -OCH3 is 1. The van der Waals surface area contributed by atoms with Crippen molar-refractivity contribution in [2.75, 3.05) is 20.3 Å². The highest BCUT2D eigenvalue weighted by atomic mass is 16.5. The summed E-state index contributed by atoms with van der Waals surface area (Å²) in [7, 11) is 1.19. The summed E-state index contributed by atoms with van der Waals surface area (Å²) in [5.41, 5.74) is 0. The molecule has 0 aliphatic heterocycles. The second-order valence-corrected chi connectivity index (χ2v) is 2.71. The molecule has 0 heterocycles. The largest absolute Gasteiger partial charge is 0.469 e. The predicted molar refractivity (Wildman–Crippen MR) is 53.4 cm³/mol. The van der Waals surface area contributed by atoms with Crippen molar-refractivity contribution in [3.8, 4) is 0 Å². The molecule has 90 valence electrons. The number of hydrogen-bond acceptors (Lipinski definition) is 6. The van der Waals surface area contributed by atoms with Gasteiger partial charge in [-0.15, -0.1) is 0 Å². The van der Waals surface area contributed by atoms with Crippen LogP contribution in [0.1, 0.15) is 13.3 Å². The minimum Gasteiger partial charge on any atom is -0.469 e. The molecule has 0 aromatic rings. The van der Waals surface area contributed by atoms with Gasteiger partial charge in [-0.25, -0.2) is 0 Å². The summed E-state index contributed by atoms with van der Waals surface area (Å²) in [6.07, 6.45) is 2.64. The first-order chi connectivity index (χ1) is 7.56. The molecule has 0 saturated carbocycles. The molecular formula is C10H14O6. The highest BCUT2D eigenvalue weighted by Gasteiger charge is 2.09. The van der Waals surface area contributed by atoms with Gasteiger partial charge in [-0.2, -0.15) is 0 Å². The molecule has 0 radical (unpaired) electrons. The van der Waals surface area contributed by atoms with Gasteiger partial charge in [0.2, 0.25) is 0 Å². The molecule has 0 bridgehead atoms. The van der Waals surface area contributed by atoms with E-state index in [-0.39, 0.29) is 19.2 Å². The summed E-state index contributed by atoms with van der Waals surface area (Å²) >= 11 is 0. The third-order valence-corrected chi connectivity index (χ3v) is 1.41. The van der Waals surface area contributed by atoms with E-state index in [9.17, 15) is 14.4 Å². The molecule has 6 heteroatoms. The lowest BCUT2D eigenvalue weighted by Gasteiger charge is -2.00. The van der Waals surface area contributed by atoms with Gasteiger partial charge in [-0.1, -0.05) is 0 Å². The number of carbonyl (C=O) groups excluding carboxylic acids is 3. The summed E-state index contributed by atoms with van der Waals surface area (Å²) in [5, 5.41) is 0. The van der Waals surface area contributed by atoms with E-state index >= 15 is 0 Å². The first kappa shape index (κ1) is 14.2. The van der Waals surface area contributed by atoms with Crippen molar-refractivity contribution in [2.45, 2.75) is 13.3 Å². The molecule has 0 fully saturated rings. The SMILES string of the molecule is COC(=O)CC(=O)OC/C=C\COC(C)=O. The van der Waals surface area contributed by atoms with Crippen molar-refractivity contribution >= 4 is 17.9 Å². The molecule has 0 spiro atoms. The molecule has 0 amide bonds. The van der Waals surface area contributed by atoms with Crippen molar-refractivity contribution in [3.63, 3.8) is 0 Å². The van der Waals surface area contributed by atoms with Crippen molar-refractivity contribution in [1.29, 1.82) is 0 Å². The number of rotatable bonds is 6. The molecule has 0 N–H and O–H groups in total. The van der Waals surface area contributed by atoms with Gasteiger partial charge in [-0.3, -0.25) is 14.4 Å². The first-order valence-electron chi connectivity index (χ1n) is 4.57. The van der Waals surface area contributed by atoms with Crippen LogP contribution in [0, 0.1) is 0 Å². The smallest absolute Gasteiger partial charge is 0.317 e. The Labute approximate surface area is 93.2 Å². The van der Waals surface area contributed by atoms with E-state index < -0.39 is 18.4 Å². The van der Waals surface area contributed by atoms with Crippen LogP contribution in [0.15, 0.2) is 12.2 Å². The maximum atomic E-state index is 10.9. The van der Waals surface area contributed by atoms with Gasteiger partial charge in [0.05, 0.1) is 7.11 Å². The fraction of sp³-hybridized carbons (Fsp3) is 0.500. The van der Waals surface area contributed by atoms with Crippen LogP contribution in [0.4, 0.5) is 0 Å². The number of ether oxygens (including phenoxy) is 3. The van der Waals surface area contributed by atoms with Crippen LogP contribution in [-0.4, -0.2) is 38.2 Å². The van der Waals surface area contributed by atoms with Crippen LogP contribution >= 0.6 is 0 Å². The van der Waals surface area contributed by atoms with Gasteiger partial charge < -0.3 is 14.2 Å². The van der Waals surface area contributed by atoms with Crippen molar-refractivity contribution < 1.29 is 28.6 Å². The predicted octanol–water partition coefficient (Wildman–Crippen LogP) is 0.212. The summed E-state index contributed by atoms with van der Waals surface area (Å²) in [6.45, 7) is 1.45.